The summed E-state index contributed by atoms with van der Waals surface area (Å²) >= 11 is 0. The van der Waals surface area contributed by atoms with Crippen molar-refractivity contribution in [2.75, 3.05) is 0 Å². The van der Waals surface area contributed by atoms with E-state index in [-0.39, 0.29) is 22.5 Å². The van der Waals surface area contributed by atoms with Gasteiger partial charge < -0.3 is 15.3 Å². The molecule has 0 unspecified atom stereocenters. The van der Waals surface area contributed by atoms with Gasteiger partial charge in [0.2, 0.25) is 0 Å². The van der Waals surface area contributed by atoms with Crippen molar-refractivity contribution in [1.29, 1.82) is 0 Å². The highest BCUT2D eigenvalue weighted by molar-refractivity contribution is 5.90. The van der Waals surface area contributed by atoms with Crippen LogP contribution in [0.25, 0.3) is 0 Å². The fraction of sp³-hybridized carbons (Fsp3) is 0.250. The Morgan fingerprint density at radius 3 is 2.33 bits per heavy atom. The molecule has 3 N–H and O–H groups in total. The van der Waals surface area contributed by atoms with Gasteiger partial charge in [0.25, 0.3) is 0 Å². The molecule has 0 aliphatic heterocycles. The molecule has 124 valence electrons. The molecule has 0 heterocycles. The summed E-state index contributed by atoms with van der Waals surface area (Å²) < 4.78 is 0. The van der Waals surface area contributed by atoms with E-state index in [1.807, 2.05) is 32.9 Å². The highest BCUT2D eigenvalue weighted by Gasteiger charge is 2.18. The number of hydrogen-bond donors (Lipinski definition) is 3. The molecule has 0 saturated heterocycles. The molecule has 0 aliphatic rings. The number of carbonyl (C=O) groups is 1. The van der Waals surface area contributed by atoms with Gasteiger partial charge in [0.1, 0.15) is 17.1 Å². The van der Waals surface area contributed by atoms with E-state index in [1.54, 1.807) is 12.1 Å². The normalized spacial score (nSPS) is 10.8. The van der Waals surface area contributed by atoms with Crippen LogP contribution in [0.3, 0.4) is 0 Å². The van der Waals surface area contributed by atoms with Crippen LogP contribution in [0.15, 0.2) is 36.4 Å². The first kappa shape index (κ1) is 17.4. The first-order valence-electron chi connectivity index (χ1n) is 7.56. The molecule has 4 heteroatoms. The van der Waals surface area contributed by atoms with E-state index in [1.165, 1.54) is 12.1 Å². The van der Waals surface area contributed by atoms with Crippen LogP contribution >= 0.6 is 0 Å². The van der Waals surface area contributed by atoms with Gasteiger partial charge in [0.05, 0.1) is 0 Å². The maximum Gasteiger partial charge on any atom is 0.339 e. The lowest BCUT2D eigenvalue weighted by molar-refractivity contribution is 0.0693. The van der Waals surface area contributed by atoms with Crippen molar-refractivity contribution in [3.63, 3.8) is 0 Å². The summed E-state index contributed by atoms with van der Waals surface area (Å²) in [6, 6.07) is 9.67. The van der Waals surface area contributed by atoms with Gasteiger partial charge >= 0.3 is 5.97 Å². The molecule has 24 heavy (non-hydrogen) atoms. The highest BCUT2D eigenvalue weighted by Crippen LogP contribution is 2.31. The summed E-state index contributed by atoms with van der Waals surface area (Å²) in [7, 11) is 0. The monoisotopic (exact) mass is 324 g/mol. The van der Waals surface area contributed by atoms with Crippen molar-refractivity contribution >= 4 is 5.97 Å². The SMILES string of the molecule is CC(C)(C)c1cc(CC#Cc2ccc(C(=O)O)c(O)c2)ccc1O. The zero-order chi connectivity index (χ0) is 17.9. The molecule has 2 aromatic carbocycles. The summed E-state index contributed by atoms with van der Waals surface area (Å²) in [4.78, 5) is 10.9. The Kier molecular flexibility index (Phi) is 4.85. The first-order chi connectivity index (χ1) is 11.2. The maximum absolute atomic E-state index is 10.9. The topological polar surface area (TPSA) is 77.8 Å². The second-order valence-electron chi connectivity index (χ2n) is 6.62. The van der Waals surface area contributed by atoms with E-state index in [0.29, 0.717) is 12.0 Å². The molecular formula is C20H20O4. The number of aromatic carboxylic acids is 1. The van der Waals surface area contributed by atoms with Crippen LogP contribution in [0.5, 0.6) is 11.5 Å². The van der Waals surface area contributed by atoms with Gasteiger partial charge in [0.15, 0.2) is 0 Å². The van der Waals surface area contributed by atoms with Gasteiger partial charge in [-0.2, -0.15) is 0 Å². The van der Waals surface area contributed by atoms with Crippen molar-refractivity contribution in [1.82, 2.24) is 0 Å². The summed E-state index contributed by atoms with van der Waals surface area (Å²) in [5.74, 6) is 4.71. The van der Waals surface area contributed by atoms with E-state index >= 15 is 0 Å². The van der Waals surface area contributed by atoms with Crippen LogP contribution in [0.1, 0.15) is 47.8 Å². The number of phenols is 2. The zero-order valence-electron chi connectivity index (χ0n) is 13.9. The number of carboxylic acid groups (broad SMARTS) is 1. The predicted octanol–water partition coefficient (Wildman–Crippen LogP) is 3.69. The molecule has 0 saturated carbocycles. The molecule has 0 aromatic heterocycles. The number of carboxylic acids is 1. The third kappa shape index (κ3) is 4.08. The number of phenolic OH excluding ortho intramolecular Hbond substituents is 1. The van der Waals surface area contributed by atoms with E-state index in [0.717, 1.165) is 11.1 Å². The van der Waals surface area contributed by atoms with Crippen LogP contribution in [-0.2, 0) is 11.8 Å². The summed E-state index contributed by atoms with van der Waals surface area (Å²) in [5, 5.41) is 28.5. The molecule has 0 fully saturated rings. The van der Waals surface area contributed by atoms with E-state index in [9.17, 15) is 15.0 Å². The molecule has 0 radical (unpaired) electrons. The highest BCUT2D eigenvalue weighted by atomic mass is 16.4. The second kappa shape index (κ2) is 6.67. The molecule has 0 atom stereocenters. The van der Waals surface area contributed by atoms with Gasteiger partial charge in [0, 0.05) is 12.0 Å². The first-order valence-corrected chi connectivity index (χ1v) is 7.56. The van der Waals surface area contributed by atoms with Crippen LogP contribution < -0.4 is 0 Å². The van der Waals surface area contributed by atoms with Gasteiger partial charge in [-0.3, -0.25) is 0 Å². The quantitative estimate of drug-likeness (QED) is 0.736. The Balaban J connectivity index is 2.19. The Bertz CT molecular complexity index is 833. The van der Waals surface area contributed by atoms with Crippen LogP contribution in [0.2, 0.25) is 0 Å². The van der Waals surface area contributed by atoms with Gasteiger partial charge in [-0.05, 0) is 40.8 Å². The van der Waals surface area contributed by atoms with Gasteiger partial charge in [-0.1, -0.05) is 44.7 Å². The maximum atomic E-state index is 10.9. The Morgan fingerprint density at radius 2 is 1.75 bits per heavy atom. The van der Waals surface area contributed by atoms with E-state index < -0.39 is 5.97 Å². The largest absolute Gasteiger partial charge is 0.508 e. The van der Waals surface area contributed by atoms with E-state index in [4.69, 9.17) is 5.11 Å². The minimum absolute atomic E-state index is 0.145. The predicted molar refractivity (Wildman–Crippen MR) is 92.5 cm³/mol. The molecule has 0 spiro atoms. The number of aromatic hydroxyl groups is 2. The van der Waals surface area contributed by atoms with Crippen molar-refractivity contribution < 1.29 is 20.1 Å². The Morgan fingerprint density at radius 1 is 1.04 bits per heavy atom. The van der Waals surface area contributed by atoms with Crippen molar-refractivity contribution in [2.45, 2.75) is 32.6 Å². The number of rotatable bonds is 2. The lowest BCUT2D eigenvalue weighted by atomic mass is 9.85. The Labute approximate surface area is 141 Å². The molecule has 4 nitrogen and oxygen atoms in total. The third-order valence-corrected chi connectivity index (χ3v) is 3.62. The summed E-state index contributed by atoms with van der Waals surface area (Å²) in [6.07, 6.45) is 0.491. The third-order valence-electron chi connectivity index (χ3n) is 3.62. The zero-order valence-corrected chi connectivity index (χ0v) is 13.9. The smallest absolute Gasteiger partial charge is 0.339 e. The van der Waals surface area contributed by atoms with Crippen LogP contribution in [-0.4, -0.2) is 21.3 Å². The summed E-state index contributed by atoms with van der Waals surface area (Å²) in [5.41, 5.74) is 2.09. The average Bonchev–Trinajstić information content (AvgIpc) is 2.47. The lowest BCUT2D eigenvalue weighted by Crippen LogP contribution is -2.11. The molecule has 0 aliphatic carbocycles. The van der Waals surface area contributed by atoms with E-state index in [2.05, 4.69) is 11.8 Å². The molecule has 2 aromatic rings. The minimum atomic E-state index is -1.18. The molecular weight excluding hydrogens is 304 g/mol. The van der Waals surface area contributed by atoms with Crippen molar-refractivity contribution in [3.05, 3.63) is 58.7 Å². The standard InChI is InChI=1S/C20H20O4/c1-20(2,3)16-11-13(8-10-17(16)21)5-4-6-14-7-9-15(19(23)24)18(22)12-14/h7-12,21-22H,5H2,1-3H3,(H,23,24). The fourth-order valence-corrected chi connectivity index (χ4v) is 2.33. The van der Waals surface area contributed by atoms with Gasteiger partial charge in [-0.15, -0.1) is 0 Å². The van der Waals surface area contributed by atoms with Crippen molar-refractivity contribution in [3.8, 4) is 23.3 Å². The van der Waals surface area contributed by atoms with Crippen LogP contribution in [0.4, 0.5) is 0 Å². The van der Waals surface area contributed by atoms with Crippen LogP contribution in [0, 0.1) is 11.8 Å². The number of benzene rings is 2. The lowest BCUT2D eigenvalue weighted by Gasteiger charge is -2.21. The molecule has 0 amide bonds. The Hall–Kier alpha value is -2.93. The second-order valence-corrected chi connectivity index (χ2v) is 6.62. The van der Waals surface area contributed by atoms with Gasteiger partial charge in [-0.25, -0.2) is 4.79 Å². The van der Waals surface area contributed by atoms with Crippen molar-refractivity contribution in [2.24, 2.45) is 0 Å². The average molecular weight is 324 g/mol. The molecule has 2 rings (SSSR count). The fourth-order valence-electron chi connectivity index (χ4n) is 2.33. The number of hydrogen-bond acceptors (Lipinski definition) is 3. The molecule has 0 bridgehead atoms. The minimum Gasteiger partial charge on any atom is -0.508 e. The summed E-state index contributed by atoms with van der Waals surface area (Å²) in [6.45, 7) is 6.10.